The molecule has 1 aliphatic heterocycles. The fourth-order valence-corrected chi connectivity index (χ4v) is 8.95. The summed E-state index contributed by atoms with van der Waals surface area (Å²) in [5.41, 5.74) is 1.64. The Hall–Kier alpha value is -2.03. The van der Waals surface area contributed by atoms with Crippen LogP contribution < -0.4 is 5.32 Å². The Morgan fingerprint density at radius 1 is 1.06 bits per heavy atom. The molecule has 34 heavy (non-hydrogen) atoms. The maximum absolute atomic E-state index is 13.1. The highest BCUT2D eigenvalue weighted by Crippen LogP contribution is 2.61. The van der Waals surface area contributed by atoms with Crippen LogP contribution >= 0.6 is 11.6 Å². The molecule has 1 amide bonds. The molecule has 4 saturated carbocycles. The number of rotatable bonds is 5. The van der Waals surface area contributed by atoms with Crippen LogP contribution in [0.15, 0.2) is 35.5 Å². The van der Waals surface area contributed by atoms with Gasteiger partial charge in [0.2, 0.25) is 15.9 Å². The van der Waals surface area contributed by atoms with Crippen molar-refractivity contribution in [3.63, 3.8) is 0 Å². The Labute approximate surface area is 205 Å². The first kappa shape index (κ1) is 22.4. The SMILES string of the molecule is O=C(CC12CC3CC(CC(C3)C1)C2)Nc1ncnc2c1CCN(S(=O)(=O)c1ccc(Cl)cc1)C2. The summed E-state index contributed by atoms with van der Waals surface area (Å²) in [6, 6.07) is 6.18. The van der Waals surface area contributed by atoms with E-state index in [1.165, 1.54) is 61.3 Å². The van der Waals surface area contributed by atoms with Crippen molar-refractivity contribution < 1.29 is 13.2 Å². The highest BCUT2D eigenvalue weighted by Gasteiger charge is 2.51. The van der Waals surface area contributed by atoms with E-state index in [2.05, 4.69) is 15.3 Å². The maximum atomic E-state index is 13.1. The molecule has 4 fully saturated rings. The lowest BCUT2D eigenvalue weighted by Gasteiger charge is -2.56. The summed E-state index contributed by atoms with van der Waals surface area (Å²) in [4.78, 5) is 22.0. The van der Waals surface area contributed by atoms with Gasteiger partial charge < -0.3 is 5.32 Å². The summed E-state index contributed by atoms with van der Waals surface area (Å²) < 4.78 is 27.6. The second-order valence-electron chi connectivity index (χ2n) is 10.8. The van der Waals surface area contributed by atoms with Gasteiger partial charge in [0.15, 0.2) is 0 Å². The zero-order valence-electron chi connectivity index (χ0n) is 19.0. The summed E-state index contributed by atoms with van der Waals surface area (Å²) in [5, 5.41) is 3.55. The average molecular weight is 501 g/mol. The van der Waals surface area contributed by atoms with E-state index >= 15 is 0 Å². The molecule has 0 saturated heterocycles. The van der Waals surface area contributed by atoms with Crippen LogP contribution in [0.2, 0.25) is 5.02 Å². The second kappa shape index (κ2) is 8.28. The molecule has 7 rings (SSSR count). The van der Waals surface area contributed by atoms with Gasteiger partial charge in [-0.1, -0.05) is 11.6 Å². The summed E-state index contributed by atoms with van der Waals surface area (Å²) in [6.07, 6.45) is 10.1. The lowest BCUT2D eigenvalue weighted by molar-refractivity contribution is -0.124. The van der Waals surface area contributed by atoms with Gasteiger partial charge in [-0.2, -0.15) is 4.31 Å². The first-order valence-corrected chi connectivity index (χ1v) is 14.0. The molecule has 1 aromatic heterocycles. The molecule has 2 aromatic rings. The third kappa shape index (κ3) is 4.03. The number of halogens is 1. The topological polar surface area (TPSA) is 92.3 Å². The van der Waals surface area contributed by atoms with Crippen LogP contribution in [0.25, 0.3) is 0 Å². The molecule has 9 heteroatoms. The van der Waals surface area contributed by atoms with Crippen molar-refractivity contribution in [2.45, 2.75) is 62.8 Å². The number of carbonyl (C=O) groups excluding carboxylic acids is 1. The predicted molar refractivity (Wildman–Crippen MR) is 129 cm³/mol. The number of carbonyl (C=O) groups is 1. The van der Waals surface area contributed by atoms with E-state index in [0.717, 1.165) is 23.3 Å². The fraction of sp³-hybridized carbons (Fsp3) is 0.560. The first-order chi connectivity index (χ1) is 16.3. The van der Waals surface area contributed by atoms with Gasteiger partial charge in [0.25, 0.3) is 0 Å². The van der Waals surface area contributed by atoms with Crippen molar-refractivity contribution in [3.05, 3.63) is 46.9 Å². The van der Waals surface area contributed by atoms with Crippen molar-refractivity contribution in [1.29, 1.82) is 0 Å². The molecule has 2 heterocycles. The predicted octanol–water partition coefficient (Wildman–Crippen LogP) is 4.42. The minimum Gasteiger partial charge on any atom is -0.310 e. The van der Waals surface area contributed by atoms with E-state index in [1.807, 2.05) is 0 Å². The second-order valence-corrected chi connectivity index (χ2v) is 13.2. The van der Waals surface area contributed by atoms with Crippen molar-refractivity contribution >= 4 is 33.3 Å². The summed E-state index contributed by atoms with van der Waals surface area (Å²) >= 11 is 5.91. The number of nitrogens with zero attached hydrogens (tertiary/aromatic N) is 3. The van der Waals surface area contributed by atoms with Crippen LogP contribution in [0.5, 0.6) is 0 Å². The fourth-order valence-electron chi connectivity index (χ4n) is 7.42. The lowest BCUT2D eigenvalue weighted by atomic mass is 9.49. The van der Waals surface area contributed by atoms with E-state index in [0.29, 0.717) is 35.9 Å². The smallest absolute Gasteiger partial charge is 0.243 e. The highest BCUT2D eigenvalue weighted by molar-refractivity contribution is 7.89. The molecule has 1 N–H and O–H groups in total. The van der Waals surface area contributed by atoms with E-state index in [4.69, 9.17) is 11.6 Å². The number of sulfonamides is 1. The molecule has 0 atom stereocenters. The zero-order chi connectivity index (χ0) is 23.5. The van der Waals surface area contributed by atoms with E-state index in [9.17, 15) is 13.2 Å². The maximum Gasteiger partial charge on any atom is 0.243 e. The van der Waals surface area contributed by atoms with Crippen LogP contribution in [-0.4, -0.2) is 35.1 Å². The molecule has 7 nitrogen and oxygen atoms in total. The van der Waals surface area contributed by atoms with Gasteiger partial charge in [-0.05, 0) is 92.4 Å². The highest BCUT2D eigenvalue weighted by atomic mass is 35.5. The number of aromatic nitrogens is 2. The van der Waals surface area contributed by atoms with Crippen molar-refractivity contribution in [3.8, 4) is 0 Å². The van der Waals surface area contributed by atoms with Crippen LogP contribution in [-0.2, 0) is 27.8 Å². The number of fused-ring (bicyclic) bond motifs is 1. The molecule has 180 valence electrons. The molecule has 1 aromatic carbocycles. The summed E-state index contributed by atoms with van der Waals surface area (Å²) in [5.74, 6) is 2.97. The van der Waals surface area contributed by atoms with Crippen molar-refractivity contribution in [2.24, 2.45) is 23.2 Å². The van der Waals surface area contributed by atoms with Crippen LogP contribution in [0.4, 0.5) is 5.82 Å². The minimum atomic E-state index is -3.66. The van der Waals surface area contributed by atoms with Gasteiger partial charge in [0.05, 0.1) is 17.1 Å². The number of amides is 1. The number of benzene rings is 1. The van der Waals surface area contributed by atoms with Crippen LogP contribution in [0, 0.1) is 23.2 Å². The van der Waals surface area contributed by atoms with E-state index in [1.54, 1.807) is 12.1 Å². The Kier molecular flexibility index (Phi) is 5.46. The first-order valence-electron chi connectivity index (χ1n) is 12.2. The Morgan fingerprint density at radius 2 is 1.71 bits per heavy atom. The van der Waals surface area contributed by atoms with E-state index < -0.39 is 10.0 Å². The Balaban J connectivity index is 1.17. The number of nitrogens with one attached hydrogen (secondary N) is 1. The third-order valence-corrected chi connectivity index (χ3v) is 10.5. The summed E-state index contributed by atoms with van der Waals surface area (Å²) in [7, 11) is -3.66. The van der Waals surface area contributed by atoms with Gasteiger partial charge >= 0.3 is 0 Å². The Bertz CT molecular complexity index is 1200. The van der Waals surface area contributed by atoms with Crippen LogP contribution in [0.3, 0.4) is 0 Å². The normalized spacial score (nSPS) is 30.2. The number of hydrogen-bond acceptors (Lipinski definition) is 5. The largest absolute Gasteiger partial charge is 0.310 e. The lowest BCUT2D eigenvalue weighted by Crippen LogP contribution is -2.47. The van der Waals surface area contributed by atoms with Gasteiger partial charge in [-0.15, -0.1) is 0 Å². The number of anilines is 1. The molecule has 0 unspecified atom stereocenters. The number of hydrogen-bond donors (Lipinski definition) is 1. The Morgan fingerprint density at radius 3 is 2.35 bits per heavy atom. The van der Waals surface area contributed by atoms with Crippen molar-refractivity contribution in [2.75, 3.05) is 11.9 Å². The van der Waals surface area contributed by atoms with E-state index in [-0.39, 0.29) is 22.8 Å². The average Bonchev–Trinajstić information content (AvgIpc) is 2.78. The third-order valence-electron chi connectivity index (χ3n) is 8.38. The summed E-state index contributed by atoms with van der Waals surface area (Å²) in [6.45, 7) is 0.462. The standard InChI is InChI=1S/C25H29ClN4O3S/c26-19-1-3-20(4-2-19)34(32,33)30-6-5-21-22(14-30)27-15-28-24(21)29-23(31)13-25-10-16-7-17(11-25)9-18(8-16)12-25/h1-4,15-18H,5-14H2,(H,27,28,29,31). The van der Waals surface area contributed by atoms with Gasteiger partial charge in [-0.3, -0.25) is 4.79 Å². The molecular weight excluding hydrogens is 472 g/mol. The molecular formula is C25H29ClN4O3S. The molecule has 4 bridgehead atoms. The quantitative estimate of drug-likeness (QED) is 0.656. The monoisotopic (exact) mass is 500 g/mol. The zero-order valence-corrected chi connectivity index (χ0v) is 20.6. The van der Waals surface area contributed by atoms with Gasteiger partial charge in [-0.25, -0.2) is 18.4 Å². The minimum absolute atomic E-state index is 0.0269. The van der Waals surface area contributed by atoms with Gasteiger partial charge in [0.1, 0.15) is 12.1 Å². The molecule has 5 aliphatic rings. The van der Waals surface area contributed by atoms with Crippen LogP contribution in [0.1, 0.15) is 56.2 Å². The van der Waals surface area contributed by atoms with Gasteiger partial charge in [0, 0.05) is 23.6 Å². The molecule has 4 aliphatic carbocycles. The molecule has 0 radical (unpaired) electrons. The molecule has 0 spiro atoms. The van der Waals surface area contributed by atoms with Crippen molar-refractivity contribution in [1.82, 2.24) is 14.3 Å².